The maximum atomic E-state index is 14.6. The second-order valence-electron chi connectivity index (χ2n) is 40.1. The average Bonchev–Trinajstić information content (AvgIpc) is 0.760. The van der Waals surface area contributed by atoms with Crippen molar-refractivity contribution in [2.75, 3.05) is 92.3 Å². The highest BCUT2D eigenvalue weighted by atomic mass is 31.2. The van der Waals surface area contributed by atoms with E-state index in [1.807, 2.05) is 0 Å². The monoisotopic (exact) mass is 2250 g/mol. The Bertz CT molecular complexity index is 3680. The first kappa shape index (κ1) is 138. The molecule has 4 unspecified atom stereocenters. The van der Waals surface area contributed by atoms with E-state index >= 15 is 0 Å². The van der Waals surface area contributed by atoms with Crippen molar-refractivity contribution < 1.29 is 207 Å². The lowest BCUT2D eigenvalue weighted by atomic mass is 9.84. The van der Waals surface area contributed by atoms with Crippen molar-refractivity contribution >= 4 is 49.1 Å². The van der Waals surface area contributed by atoms with Crippen LogP contribution in [-0.4, -0.2) is 368 Å². The summed E-state index contributed by atoms with van der Waals surface area (Å²) in [6.45, 7) is -2.82. The second kappa shape index (κ2) is 79.0. The summed E-state index contributed by atoms with van der Waals surface area (Å²) >= 11 is 0. The third-order valence-electron chi connectivity index (χ3n) is 27.3. The van der Waals surface area contributed by atoms with Gasteiger partial charge in [0.15, 0.2) is 31.3 Å². The van der Waals surface area contributed by atoms with Gasteiger partial charge in [-0.25, -0.2) is 18.3 Å². The van der Waals surface area contributed by atoms with E-state index in [-0.39, 0.29) is 39.0 Å². The molecule has 4 saturated heterocycles. The van der Waals surface area contributed by atoms with E-state index < -0.39 is 293 Å². The molecule has 32 atom stereocenters. The number of nitrogens with two attached hydrogens (primary N) is 4. The highest BCUT2D eigenvalue weighted by Gasteiger charge is 2.60. The van der Waals surface area contributed by atoms with Gasteiger partial charge in [-0.2, -0.15) is 0 Å². The number of carbonyl (C=O) groups is 3. The van der Waals surface area contributed by atoms with E-state index in [9.17, 15) is 113 Å². The Morgan fingerprint density at radius 1 is 0.333 bits per heavy atom. The summed E-state index contributed by atoms with van der Waals surface area (Å²) in [5.74, 6) is -2.53. The molecule has 1 aliphatic carbocycles. The van der Waals surface area contributed by atoms with Gasteiger partial charge in [0.2, 0.25) is 5.91 Å². The van der Waals surface area contributed by atoms with Crippen molar-refractivity contribution in [3.8, 4) is 0 Å². The molecule has 1 amide bonds. The van der Waals surface area contributed by atoms with E-state index in [1.165, 1.54) is 167 Å². The van der Waals surface area contributed by atoms with Crippen LogP contribution in [0.2, 0.25) is 0 Å². The molecule has 5 aliphatic rings. The first-order chi connectivity index (χ1) is 71.8. The molecule has 0 aromatic carbocycles. The Labute approximate surface area is 885 Å². The van der Waals surface area contributed by atoms with Gasteiger partial charge in [-0.05, 0) is 19.3 Å². The summed E-state index contributed by atoms with van der Waals surface area (Å²) in [5.41, 5.74) is 23.2. The number of esters is 2. The Morgan fingerprint density at radius 2 is 0.687 bits per heavy atom. The number of unbranched alkanes of at least 4 members (excludes halogenated alkanes) is 45. The average molecular weight is 2250 g/mol. The largest absolute Gasteiger partial charge is 0.472 e. The van der Waals surface area contributed by atoms with Gasteiger partial charge in [0.05, 0.1) is 72.1 Å². The Hall–Kier alpha value is -2.19. The van der Waals surface area contributed by atoms with Crippen LogP contribution in [0.3, 0.4) is 0 Å². The summed E-state index contributed by atoms with van der Waals surface area (Å²) in [7, 11) is -21.4. The zero-order chi connectivity index (χ0) is 110. The van der Waals surface area contributed by atoms with Gasteiger partial charge in [0, 0.05) is 39.1 Å². The Morgan fingerprint density at radius 3 is 1.14 bits per heavy atom. The van der Waals surface area contributed by atoms with E-state index in [4.69, 9.17) is 116 Å². The van der Waals surface area contributed by atoms with Crippen molar-refractivity contribution in [3.05, 3.63) is 0 Å². The van der Waals surface area contributed by atoms with Gasteiger partial charge in [0.1, 0.15) is 134 Å². The van der Waals surface area contributed by atoms with Crippen LogP contribution in [0, 0.1) is 0 Å². The first-order valence-corrected chi connectivity index (χ1v) is 61.4. The minimum absolute atomic E-state index is 0.00462. The molecular formula is C98H191N5O43P4. The fraction of sp³-hybridized carbons (Fsp3) is 0.969. The van der Waals surface area contributed by atoms with Crippen molar-refractivity contribution in [1.29, 1.82) is 0 Å². The number of phosphoric acid groups is 4. The molecule has 5 rings (SSSR count). The number of carbonyl (C=O) groups excluding carboxylic acids is 3. The normalized spacial score (nSPS) is 29.9. The number of rotatable bonds is 90. The van der Waals surface area contributed by atoms with Gasteiger partial charge in [0.25, 0.3) is 0 Å². The molecule has 52 heteroatoms. The summed E-state index contributed by atoms with van der Waals surface area (Å²) in [5, 5.41) is 152. The highest BCUT2D eigenvalue weighted by molar-refractivity contribution is 7.48. The second-order valence-corrected chi connectivity index (χ2v) is 45.8. The number of aliphatic hydroxyl groups is 13. The number of ether oxygens (including phenoxy) is 11. The minimum atomic E-state index is -5.66. The molecule has 0 bridgehead atoms. The molecule has 0 aromatic heterocycles. The predicted octanol–water partition coefficient (Wildman–Crippen LogP) is 7.39. The zero-order valence-corrected chi connectivity index (χ0v) is 92.3. The lowest BCUT2D eigenvalue weighted by Gasteiger charge is -2.49. The first-order valence-electron chi connectivity index (χ1n) is 55.5. The van der Waals surface area contributed by atoms with Crippen LogP contribution in [0.5, 0.6) is 0 Å². The van der Waals surface area contributed by atoms with Crippen LogP contribution in [0.25, 0.3) is 0 Å². The number of hydrogen-bond donors (Lipinski definition) is 22. The van der Waals surface area contributed by atoms with Crippen LogP contribution >= 0.6 is 31.3 Å². The van der Waals surface area contributed by atoms with Crippen molar-refractivity contribution in [2.24, 2.45) is 22.9 Å². The molecule has 4 heterocycles. The van der Waals surface area contributed by atoms with E-state index in [0.717, 1.165) is 116 Å². The smallest absolute Gasteiger partial charge is 0.457 e. The number of hydrogen-bond acceptors (Lipinski definition) is 43. The van der Waals surface area contributed by atoms with E-state index in [0.29, 0.717) is 19.3 Å². The van der Waals surface area contributed by atoms with Crippen LogP contribution in [0.4, 0.5) is 0 Å². The van der Waals surface area contributed by atoms with Crippen molar-refractivity contribution in [2.45, 2.75) is 513 Å². The molecule has 1 saturated carbocycles. The maximum Gasteiger partial charge on any atom is 0.472 e. The third-order valence-corrected chi connectivity index (χ3v) is 31.3. The summed E-state index contributed by atoms with van der Waals surface area (Å²) in [6.07, 6.45) is -5.84. The van der Waals surface area contributed by atoms with Crippen LogP contribution in [-0.2, 0) is 121 Å². The van der Waals surface area contributed by atoms with Crippen LogP contribution < -0.4 is 28.3 Å². The molecule has 0 radical (unpaired) electrons. The number of aliphatic hydroxyl groups excluding tert-OH is 13. The van der Waals surface area contributed by atoms with Crippen molar-refractivity contribution in [1.82, 2.24) is 5.32 Å². The highest BCUT2D eigenvalue weighted by Crippen LogP contribution is 2.51. The molecule has 0 aromatic rings. The predicted molar refractivity (Wildman–Crippen MR) is 546 cm³/mol. The van der Waals surface area contributed by atoms with Crippen molar-refractivity contribution in [3.63, 3.8) is 0 Å². The minimum Gasteiger partial charge on any atom is -0.457 e. The Balaban J connectivity index is 1.39. The molecule has 5 fully saturated rings. The van der Waals surface area contributed by atoms with Gasteiger partial charge in [-0.15, -0.1) is 0 Å². The summed E-state index contributed by atoms with van der Waals surface area (Å²) in [6, 6.07) is -3.40. The fourth-order valence-electron chi connectivity index (χ4n) is 18.4. The molecule has 0 spiro atoms. The molecule has 150 heavy (non-hydrogen) atoms. The van der Waals surface area contributed by atoms with Gasteiger partial charge in [-0.1, -0.05) is 310 Å². The number of amides is 1. The standard InChI is InChI=1S/C98H191N5O43P4/c1-4-7-10-13-16-19-22-25-27-29-30-31-32-35-38-40-43-46-49-52-74(106)136-68(63-128-57-51-48-45-42-39-36-33-28-26-23-20-17-14-11-8-5-2)64-133-150(126,127)145-90-86(117)82(113)85(116)89(93(90)141-75(107)53-50-47-44-41-37-34-24-21-18-15-12-9-6-3)143-95-76(102)80(111)88(70(62-105)137-95)142-98-92(146-149(124,125)131-59-55-100)84(115)78(109)71(140-98)65-129-97-91(83(114)79(110)73(139-97)67-134-147(120,121)130-58-54-99)144-96-87(118)81(112)77(108)72(138-96)66-135-148(122,123)132-60-56-103-94(119)69(101)61-104/h68-73,76-93,95-98,104-105,108-118H,4-67,99-102H2,1-3H3,(H,103,119)(H,120,121)(H,122,123)(H,124,125)(H,126,127)/t68-,69+,70-,71-,72-,73-,76-,77-,78-,79-,80-,81+,82-,83+,84+,85-,86+,87+,88-,89+,90+,91+,92+,93-,95-,96-,97+,98-/m1/s1. The van der Waals surface area contributed by atoms with Gasteiger partial charge in [-0.3, -0.25) is 50.6 Å². The Kier molecular flexibility index (Phi) is 72.8. The van der Waals surface area contributed by atoms with E-state index in [2.05, 4.69) is 26.1 Å². The summed E-state index contributed by atoms with van der Waals surface area (Å²) < 4.78 is 161. The van der Waals surface area contributed by atoms with Crippen LogP contribution in [0.15, 0.2) is 0 Å². The molecule has 886 valence electrons. The maximum absolute atomic E-state index is 14.6. The topological polar surface area (TPSA) is 755 Å². The zero-order valence-electron chi connectivity index (χ0n) is 88.7. The van der Waals surface area contributed by atoms with Crippen LogP contribution in [0.1, 0.15) is 342 Å². The molecular weight excluding hydrogens is 2060 g/mol. The van der Waals surface area contributed by atoms with E-state index in [1.54, 1.807) is 0 Å². The number of nitrogens with one attached hydrogen (secondary N) is 1. The SMILES string of the molecule is CCCCCCCCCCCCCCCCCCCCCC(=O)O[C@H](COCCCCCCCCCCCCCCCCCC)COP(=O)(O)O[C@H]1[C@@H](O)[C@H](O)[C@@H](O)[C@H](O[C@H]2O[C@H](CO)[C@@H](O[C@H]3O[C@H](CO[C@H]4O[C@H](COP(=O)(O)OCCN)[C@@H](O)[C@H](O)[C@@H]4O[C@H]4O[C@H](COP(=O)(O)OCCNC(=O)[C@@H](N)CO)[C@@H](O)[C@H](O)[C@@H]4O)[C@@H](O)[C@H](O)[C@@H]3OP(=O)(O)OCCN)[C@H](O)[C@H]2N)[C@H]1OC(=O)CCCCCCCCCCCCCCC. The molecule has 4 aliphatic heterocycles. The third kappa shape index (κ3) is 54.5. The lowest BCUT2D eigenvalue weighted by molar-refractivity contribution is -0.376. The molecule has 48 nitrogen and oxygen atoms in total. The summed E-state index contributed by atoms with van der Waals surface area (Å²) in [4.78, 5) is 83.7. The van der Waals surface area contributed by atoms with Gasteiger partial charge >= 0.3 is 43.2 Å². The quantitative estimate of drug-likeness (QED) is 0.0160. The van der Waals surface area contributed by atoms with Gasteiger partial charge < -0.3 is 166 Å². The molecule has 26 N–H and O–H groups in total. The number of phosphoric ester groups is 4. The lowest BCUT2D eigenvalue weighted by Crippen LogP contribution is -2.70. The fourth-order valence-corrected chi connectivity index (χ4v) is 21.8.